The first-order chi connectivity index (χ1) is 30.0. The SMILES string of the molecule is CCCCC/C=C\C/C=C\CCCCCCCC(=O)O[C@@]12[C@@H]3[C@@H](C[C@@](O)([C@@H]3OC(=O)c3ccccc3)[C@@H](OC)[C@@H]1O)C13[C@@H](OC)C[C@@H](O)[C@@]4(COC)CN(CC)[C@@H]1[C@@H]2[C@H](OC)[C@@H]34. The van der Waals surface area contributed by atoms with E-state index in [4.69, 9.17) is 28.4 Å². The van der Waals surface area contributed by atoms with E-state index in [-0.39, 0.29) is 31.4 Å². The van der Waals surface area contributed by atoms with Crippen LogP contribution < -0.4 is 0 Å². The molecule has 7 rings (SSSR count). The van der Waals surface area contributed by atoms with Crippen molar-refractivity contribution in [3.63, 3.8) is 0 Å². The van der Waals surface area contributed by atoms with E-state index in [1.54, 1.807) is 45.6 Å². The Morgan fingerprint density at radius 3 is 2.18 bits per heavy atom. The van der Waals surface area contributed by atoms with Gasteiger partial charge in [0.25, 0.3) is 0 Å². The van der Waals surface area contributed by atoms with Crippen LogP contribution in [0.4, 0.5) is 0 Å². The Labute approximate surface area is 369 Å². The molecule has 1 heterocycles. The summed E-state index contributed by atoms with van der Waals surface area (Å²) in [6, 6.07) is 8.29. The first-order valence-corrected chi connectivity index (χ1v) is 23.7. The van der Waals surface area contributed by atoms with Crippen LogP contribution in [-0.4, -0.2) is 134 Å². The molecule has 12 nitrogen and oxygen atoms in total. The van der Waals surface area contributed by atoms with Gasteiger partial charge in [-0.3, -0.25) is 9.69 Å². The number of benzene rings is 1. The zero-order valence-electron chi connectivity index (χ0n) is 38.1. The number of methoxy groups -OCH3 is 4. The summed E-state index contributed by atoms with van der Waals surface area (Å²) >= 11 is 0. The summed E-state index contributed by atoms with van der Waals surface area (Å²) in [6.45, 7) is 5.63. The van der Waals surface area contributed by atoms with E-state index in [0.29, 0.717) is 31.5 Å². The maximum atomic E-state index is 14.6. The number of piperidine rings is 1. The molecule has 1 aliphatic heterocycles. The molecule has 1 unspecified atom stereocenters. The normalized spacial score (nSPS) is 40.4. The lowest BCUT2D eigenvalue weighted by atomic mass is 9.42. The molecule has 1 spiro atoms. The number of allylic oxidation sites excluding steroid dienone is 4. The van der Waals surface area contributed by atoms with Crippen molar-refractivity contribution in [3.8, 4) is 0 Å². The molecule has 0 radical (unpaired) electrons. The Kier molecular flexibility index (Phi) is 15.1. The second-order valence-electron chi connectivity index (χ2n) is 19.3. The highest BCUT2D eigenvalue weighted by Crippen LogP contribution is 2.80. The van der Waals surface area contributed by atoms with E-state index in [9.17, 15) is 24.9 Å². The fraction of sp³-hybridized carbons (Fsp3) is 0.760. The van der Waals surface area contributed by atoms with Crippen molar-refractivity contribution in [2.45, 2.75) is 158 Å². The summed E-state index contributed by atoms with van der Waals surface area (Å²) in [4.78, 5) is 31.0. The van der Waals surface area contributed by atoms with Crippen LogP contribution in [0, 0.1) is 34.5 Å². The number of rotatable bonds is 23. The summed E-state index contributed by atoms with van der Waals surface area (Å²) in [7, 11) is 6.40. The molecule has 7 bridgehead atoms. The summed E-state index contributed by atoms with van der Waals surface area (Å²) in [5.74, 6) is -3.53. The van der Waals surface area contributed by atoms with Crippen LogP contribution in [0.1, 0.15) is 114 Å². The topological polar surface area (TPSA) is 153 Å². The number of ether oxygens (including phenoxy) is 6. The Bertz CT molecular complexity index is 1720. The van der Waals surface area contributed by atoms with Crippen LogP contribution in [0.3, 0.4) is 0 Å². The fourth-order valence-corrected chi connectivity index (χ4v) is 14.4. The molecule has 3 N–H and O–H groups in total. The average Bonchev–Trinajstić information content (AvgIpc) is 3.65. The molecule has 6 aliphatic rings. The standard InChI is InChI=1S/C50H75NO11/c1-7-9-10-11-12-13-14-15-16-17-18-19-20-21-25-28-37(53)62-50-38-34(30-48(56,45(60-6)43(50)54)44(38)61-46(55)33-26-23-22-24-27-33)49-36(58-4)29-35(52)47(32-57-3)31-51(8-2)42(49)39(50)40(59-5)41(47)49/h12-13,15-16,22-24,26-27,34-36,38-45,52,54,56H,7-11,14,17-21,25,28-32H2,1-6H3/b13-12-,16-15-/t34-,35-,36+,38-,39+,40+,41-,42-,43+,44-,45+,47+,48-,49?,50-/m1/s1. The predicted molar refractivity (Wildman–Crippen MR) is 234 cm³/mol. The van der Waals surface area contributed by atoms with E-state index >= 15 is 0 Å². The van der Waals surface area contributed by atoms with Crippen LogP contribution in [0.5, 0.6) is 0 Å². The number of fused-ring (bicyclic) bond motifs is 2. The van der Waals surface area contributed by atoms with Crippen molar-refractivity contribution in [3.05, 3.63) is 60.2 Å². The number of hydrogen-bond acceptors (Lipinski definition) is 12. The first-order valence-electron chi connectivity index (χ1n) is 23.7. The summed E-state index contributed by atoms with van der Waals surface area (Å²) < 4.78 is 38.7. The van der Waals surface area contributed by atoms with Crippen molar-refractivity contribution in [2.24, 2.45) is 34.5 Å². The first kappa shape index (κ1) is 47.3. The molecule has 5 saturated carbocycles. The smallest absolute Gasteiger partial charge is 0.338 e. The third-order valence-corrected chi connectivity index (χ3v) is 16.5. The van der Waals surface area contributed by atoms with Crippen LogP contribution in [-0.2, 0) is 33.2 Å². The molecule has 5 aliphatic carbocycles. The van der Waals surface area contributed by atoms with Gasteiger partial charge in [-0.25, -0.2) is 4.79 Å². The van der Waals surface area contributed by atoms with Crippen molar-refractivity contribution < 1.29 is 53.3 Å². The zero-order chi connectivity index (χ0) is 44.3. The lowest BCUT2D eigenvalue weighted by Crippen LogP contribution is -2.81. The molecule has 1 aromatic carbocycles. The Morgan fingerprint density at radius 1 is 0.839 bits per heavy atom. The zero-order valence-corrected chi connectivity index (χ0v) is 38.1. The van der Waals surface area contributed by atoms with Gasteiger partial charge in [0.05, 0.1) is 30.5 Å². The van der Waals surface area contributed by atoms with E-state index in [2.05, 4.69) is 43.1 Å². The highest BCUT2D eigenvalue weighted by atomic mass is 16.6. The minimum Gasteiger partial charge on any atom is -0.455 e. The van der Waals surface area contributed by atoms with Crippen molar-refractivity contribution >= 4 is 11.9 Å². The third kappa shape index (κ3) is 7.54. The van der Waals surface area contributed by atoms with Gasteiger partial charge in [-0.05, 0) is 69.5 Å². The largest absolute Gasteiger partial charge is 0.455 e. The van der Waals surface area contributed by atoms with Gasteiger partial charge in [-0.1, -0.05) is 88.5 Å². The number of likely N-dealkylation sites (tertiary alicyclic amines) is 1. The van der Waals surface area contributed by atoms with Gasteiger partial charge in [0.2, 0.25) is 0 Å². The lowest BCUT2D eigenvalue weighted by Gasteiger charge is -2.70. The predicted octanol–water partition coefficient (Wildman–Crippen LogP) is 6.44. The van der Waals surface area contributed by atoms with Crippen LogP contribution in [0.25, 0.3) is 0 Å². The summed E-state index contributed by atoms with van der Waals surface area (Å²) in [6.07, 6.45) is 15.2. The second-order valence-corrected chi connectivity index (χ2v) is 19.3. The van der Waals surface area contributed by atoms with Gasteiger partial charge < -0.3 is 43.7 Å². The average molecular weight is 866 g/mol. The van der Waals surface area contributed by atoms with Gasteiger partial charge in [0.15, 0.2) is 5.60 Å². The Balaban J connectivity index is 1.20. The number of nitrogens with zero attached hydrogens (tertiary/aromatic N) is 1. The van der Waals surface area contributed by atoms with Gasteiger partial charge >= 0.3 is 11.9 Å². The summed E-state index contributed by atoms with van der Waals surface area (Å²) in [5, 5.41) is 38.4. The van der Waals surface area contributed by atoms with Crippen molar-refractivity contribution in [2.75, 3.05) is 48.1 Å². The number of aliphatic hydroxyl groups is 3. The van der Waals surface area contributed by atoms with Gasteiger partial charge in [-0.2, -0.15) is 0 Å². The quantitative estimate of drug-likeness (QED) is 0.0631. The lowest BCUT2D eigenvalue weighted by molar-refractivity contribution is -0.323. The van der Waals surface area contributed by atoms with Gasteiger partial charge in [0.1, 0.15) is 23.9 Å². The minimum absolute atomic E-state index is 0.0803. The minimum atomic E-state index is -1.85. The van der Waals surface area contributed by atoms with E-state index in [1.807, 2.05) is 6.07 Å². The number of esters is 2. The molecule has 1 saturated heterocycles. The molecule has 346 valence electrons. The molecular formula is C50H75NO11. The maximum Gasteiger partial charge on any atom is 0.338 e. The Morgan fingerprint density at radius 2 is 1.53 bits per heavy atom. The van der Waals surface area contributed by atoms with E-state index in [1.165, 1.54) is 26.4 Å². The van der Waals surface area contributed by atoms with E-state index in [0.717, 1.165) is 44.9 Å². The molecule has 12 heteroatoms. The Hall–Kier alpha value is -2.68. The molecule has 1 aromatic rings. The molecule has 15 atom stereocenters. The van der Waals surface area contributed by atoms with Crippen molar-refractivity contribution in [1.82, 2.24) is 4.90 Å². The van der Waals surface area contributed by atoms with Crippen LogP contribution in [0.2, 0.25) is 0 Å². The summed E-state index contributed by atoms with van der Waals surface area (Å²) in [5.41, 5.74) is -4.87. The van der Waals surface area contributed by atoms with E-state index < -0.39 is 88.3 Å². The van der Waals surface area contributed by atoms with Gasteiger partial charge in [0, 0.05) is 82.5 Å². The highest BCUT2D eigenvalue weighted by Gasteiger charge is 2.92. The van der Waals surface area contributed by atoms with Crippen LogP contribution >= 0.6 is 0 Å². The molecule has 62 heavy (non-hydrogen) atoms. The second kappa shape index (κ2) is 19.8. The number of carbonyl (C=O) groups is 2. The number of unbranched alkanes of at least 4 members (excludes halogenated alkanes) is 8. The molecule has 0 aromatic heterocycles. The number of carbonyl (C=O) groups excluding carboxylic acids is 2. The van der Waals surface area contributed by atoms with Crippen LogP contribution in [0.15, 0.2) is 54.6 Å². The monoisotopic (exact) mass is 866 g/mol. The molecule has 6 fully saturated rings. The fourth-order valence-electron chi connectivity index (χ4n) is 14.4. The third-order valence-electron chi connectivity index (χ3n) is 16.5. The molecule has 0 amide bonds. The molecular weight excluding hydrogens is 791 g/mol. The number of aliphatic hydroxyl groups excluding tert-OH is 2. The van der Waals surface area contributed by atoms with Crippen molar-refractivity contribution in [1.29, 1.82) is 0 Å². The van der Waals surface area contributed by atoms with Gasteiger partial charge in [-0.15, -0.1) is 0 Å². The highest BCUT2D eigenvalue weighted by molar-refractivity contribution is 5.89. The number of hydrogen-bond donors (Lipinski definition) is 3. The maximum absolute atomic E-state index is 14.6.